The number of anilines is 1. The van der Waals surface area contributed by atoms with E-state index in [4.69, 9.17) is 0 Å². The molecule has 0 aliphatic carbocycles. The number of non-ortho nitro benzene ring substituents is 1. The maximum Gasteiger partial charge on any atom is 0.269 e. The molecule has 24 heavy (non-hydrogen) atoms. The standard InChI is InChI=1S/C19H23N3O2/c1-2-16-3-5-17(6-4-16)15-20-11-13-21(14-12-20)18-7-9-19(10-8-18)22(23)24/h3-10H,2,11-15H2,1H3/p+1. The third kappa shape index (κ3) is 3.92. The maximum absolute atomic E-state index is 10.7. The van der Waals surface area contributed by atoms with Crippen LogP contribution in [-0.4, -0.2) is 31.1 Å². The summed E-state index contributed by atoms with van der Waals surface area (Å²) in [7, 11) is 0. The van der Waals surface area contributed by atoms with E-state index < -0.39 is 0 Å². The summed E-state index contributed by atoms with van der Waals surface area (Å²) in [6.07, 6.45) is 1.08. The molecule has 5 nitrogen and oxygen atoms in total. The van der Waals surface area contributed by atoms with Gasteiger partial charge in [0.2, 0.25) is 0 Å². The first-order chi connectivity index (χ1) is 11.7. The monoisotopic (exact) mass is 326 g/mol. The van der Waals surface area contributed by atoms with Gasteiger partial charge in [-0.1, -0.05) is 31.2 Å². The molecule has 1 heterocycles. The van der Waals surface area contributed by atoms with E-state index in [1.165, 1.54) is 11.1 Å². The van der Waals surface area contributed by atoms with Crippen LogP contribution in [0.2, 0.25) is 0 Å². The molecule has 1 fully saturated rings. The minimum Gasteiger partial charge on any atom is -0.360 e. The highest BCUT2D eigenvalue weighted by Crippen LogP contribution is 2.19. The van der Waals surface area contributed by atoms with Gasteiger partial charge in [-0.3, -0.25) is 10.1 Å². The summed E-state index contributed by atoms with van der Waals surface area (Å²) in [5.41, 5.74) is 4.01. The molecule has 126 valence electrons. The highest BCUT2D eigenvalue weighted by Gasteiger charge is 2.20. The molecule has 1 saturated heterocycles. The molecule has 0 spiro atoms. The Balaban J connectivity index is 1.54. The SMILES string of the molecule is CCc1ccc(C[NH+]2CCN(c3ccc([N+](=O)[O-])cc3)CC2)cc1. The second-order valence-corrected chi connectivity index (χ2v) is 6.36. The first-order valence-electron chi connectivity index (χ1n) is 8.56. The third-order valence-electron chi connectivity index (χ3n) is 4.78. The van der Waals surface area contributed by atoms with Crippen molar-refractivity contribution in [2.75, 3.05) is 31.1 Å². The Morgan fingerprint density at radius 3 is 2.12 bits per heavy atom. The van der Waals surface area contributed by atoms with E-state index in [9.17, 15) is 10.1 Å². The lowest BCUT2D eigenvalue weighted by Gasteiger charge is -2.33. The molecule has 0 atom stereocenters. The van der Waals surface area contributed by atoms with Crippen LogP contribution in [-0.2, 0) is 13.0 Å². The lowest BCUT2D eigenvalue weighted by atomic mass is 10.1. The Kier molecular flexibility index (Phi) is 5.11. The number of hydrogen-bond donors (Lipinski definition) is 1. The van der Waals surface area contributed by atoms with Gasteiger partial charge in [0.1, 0.15) is 6.54 Å². The van der Waals surface area contributed by atoms with Gasteiger partial charge in [-0.2, -0.15) is 0 Å². The van der Waals surface area contributed by atoms with Crippen molar-refractivity contribution in [2.45, 2.75) is 19.9 Å². The average molecular weight is 326 g/mol. The number of hydrogen-bond acceptors (Lipinski definition) is 3. The summed E-state index contributed by atoms with van der Waals surface area (Å²) < 4.78 is 0. The molecule has 0 unspecified atom stereocenters. The zero-order valence-corrected chi connectivity index (χ0v) is 14.1. The van der Waals surface area contributed by atoms with Gasteiger partial charge < -0.3 is 9.80 Å². The van der Waals surface area contributed by atoms with E-state index in [0.717, 1.165) is 44.8 Å². The van der Waals surface area contributed by atoms with E-state index in [2.05, 4.69) is 36.1 Å². The van der Waals surface area contributed by atoms with Crippen LogP contribution in [0.1, 0.15) is 18.1 Å². The highest BCUT2D eigenvalue weighted by atomic mass is 16.6. The fourth-order valence-corrected chi connectivity index (χ4v) is 3.22. The number of nitrogens with one attached hydrogen (secondary N) is 1. The molecule has 1 aliphatic rings. The lowest BCUT2D eigenvalue weighted by molar-refractivity contribution is -0.914. The van der Waals surface area contributed by atoms with Crippen LogP contribution < -0.4 is 9.80 Å². The number of benzene rings is 2. The Hall–Kier alpha value is -2.40. The Labute approximate surface area is 142 Å². The van der Waals surface area contributed by atoms with Crippen molar-refractivity contribution in [2.24, 2.45) is 0 Å². The molecule has 0 amide bonds. The van der Waals surface area contributed by atoms with Crippen molar-refractivity contribution >= 4 is 11.4 Å². The molecule has 0 bridgehead atoms. The summed E-state index contributed by atoms with van der Waals surface area (Å²) in [4.78, 5) is 14.3. The minimum absolute atomic E-state index is 0.151. The van der Waals surface area contributed by atoms with E-state index >= 15 is 0 Å². The second kappa shape index (κ2) is 7.45. The van der Waals surface area contributed by atoms with Gasteiger partial charge in [-0.25, -0.2) is 0 Å². The molecule has 3 rings (SSSR count). The maximum atomic E-state index is 10.7. The van der Waals surface area contributed by atoms with Gasteiger partial charge in [0.15, 0.2) is 0 Å². The number of nitro groups is 1. The van der Waals surface area contributed by atoms with E-state index in [1.54, 1.807) is 17.0 Å². The van der Waals surface area contributed by atoms with Gasteiger partial charge in [-0.15, -0.1) is 0 Å². The van der Waals surface area contributed by atoms with Crippen molar-refractivity contribution in [1.29, 1.82) is 0 Å². The average Bonchev–Trinajstić information content (AvgIpc) is 2.63. The smallest absolute Gasteiger partial charge is 0.269 e. The molecule has 2 aromatic rings. The molecule has 1 N–H and O–H groups in total. The predicted octanol–water partition coefficient (Wildman–Crippen LogP) is 2.06. The number of nitrogens with zero attached hydrogens (tertiary/aromatic N) is 2. The molecule has 0 aromatic heterocycles. The topological polar surface area (TPSA) is 50.8 Å². The Morgan fingerprint density at radius 1 is 1.00 bits per heavy atom. The second-order valence-electron chi connectivity index (χ2n) is 6.36. The van der Waals surface area contributed by atoms with Gasteiger partial charge >= 0.3 is 0 Å². The summed E-state index contributed by atoms with van der Waals surface area (Å²) in [5.74, 6) is 0. The van der Waals surface area contributed by atoms with Crippen molar-refractivity contribution < 1.29 is 9.82 Å². The zero-order chi connectivity index (χ0) is 16.9. The largest absolute Gasteiger partial charge is 0.360 e. The number of aryl methyl sites for hydroxylation is 1. The van der Waals surface area contributed by atoms with Crippen LogP contribution >= 0.6 is 0 Å². The van der Waals surface area contributed by atoms with Crippen molar-refractivity contribution in [3.8, 4) is 0 Å². The first-order valence-corrected chi connectivity index (χ1v) is 8.56. The fourth-order valence-electron chi connectivity index (χ4n) is 3.22. The number of quaternary nitrogens is 1. The predicted molar refractivity (Wildman–Crippen MR) is 95.5 cm³/mol. The summed E-state index contributed by atoms with van der Waals surface area (Å²) in [6.45, 7) is 7.40. The molecule has 5 heteroatoms. The van der Waals surface area contributed by atoms with Crippen LogP contribution in [0.25, 0.3) is 0 Å². The van der Waals surface area contributed by atoms with E-state index in [1.807, 2.05) is 12.1 Å². The molecule has 0 radical (unpaired) electrons. The minimum atomic E-state index is -0.352. The van der Waals surface area contributed by atoms with Crippen LogP contribution in [0.15, 0.2) is 48.5 Å². The lowest BCUT2D eigenvalue weighted by Crippen LogP contribution is -3.13. The molecule has 2 aromatic carbocycles. The first kappa shape index (κ1) is 16.5. The van der Waals surface area contributed by atoms with Crippen LogP contribution in [0, 0.1) is 10.1 Å². The van der Waals surface area contributed by atoms with E-state index in [-0.39, 0.29) is 10.6 Å². The van der Waals surface area contributed by atoms with Gasteiger partial charge in [-0.05, 0) is 24.1 Å². The number of nitro benzene ring substituents is 1. The number of piperazine rings is 1. The molecular weight excluding hydrogens is 302 g/mol. The van der Waals surface area contributed by atoms with Crippen molar-refractivity contribution in [3.05, 3.63) is 69.8 Å². The van der Waals surface area contributed by atoms with Crippen LogP contribution in [0.4, 0.5) is 11.4 Å². The molecule has 0 saturated carbocycles. The Morgan fingerprint density at radius 2 is 1.58 bits per heavy atom. The van der Waals surface area contributed by atoms with Gasteiger partial charge in [0.05, 0.1) is 31.1 Å². The Bertz CT molecular complexity index is 675. The summed E-state index contributed by atoms with van der Waals surface area (Å²) in [5, 5.41) is 10.7. The van der Waals surface area contributed by atoms with Crippen LogP contribution in [0.5, 0.6) is 0 Å². The third-order valence-corrected chi connectivity index (χ3v) is 4.78. The quantitative estimate of drug-likeness (QED) is 0.676. The molecule has 1 aliphatic heterocycles. The highest BCUT2D eigenvalue weighted by molar-refractivity contribution is 5.51. The number of rotatable bonds is 5. The van der Waals surface area contributed by atoms with E-state index in [0.29, 0.717) is 0 Å². The van der Waals surface area contributed by atoms with Crippen molar-refractivity contribution in [1.82, 2.24) is 0 Å². The molecular formula is C19H24N3O2+. The summed E-state index contributed by atoms with van der Waals surface area (Å²) in [6, 6.07) is 15.8. The van der Waals surface area contributed by atoms with Gasteiger partial charge in [0.25, 0.3) is 5.69 Å². The summed E-state index contributed by atoms with van der Waals surface area (Å²) >= 11 is 0. The van der Waals surface area contributed by atoms with Crippen LogP contribution in [0.3, 0.4) is 0 Å². The van der Waals surface area contributed by atoms with Gasteiger partial charge in [0, 0.05) is 23.4 Å². The zero-order valence-electron chi connectivity index (χ0n) is 14.1. The van der Waals surface area contributed by atoms with Crippen molar-refractivity contribution in [3.63, 3.8) is 0 Å². The fraction of sp³-hybridized carbons (Fsp3) is 0.368. The normalized spacial score (nSPS) is 15.5.